The highest BCUT2D eigenvalue weighted by atomic mass is 16.5. The number of hydrogen-bond donors (Lipinski definition) is 0. The number of imidazole rings is 1. The summed E-state index contributed by atoms with van der Waals surface area (Å²) < 4.78 is 11.6. The van der Waals surface area contributed by atoms with Crippen LogP contribution in [0, 0.1) is 0 Å². The second kappa shape index (κ2) is 8.29. The Morgan fingerprint density at radius 1 is 1.32 bits per heavy atom. The minimum atomic E-state index is -0.710. The molecule has 0 amide bonds. The molecule has 0 saturated carbocycles. The highest BCUT2D eigenvalue weighted by molar-refractivity contribution is 5.81. The van der Waals surface area contributed by atoms with Gasteiger partial charge in [-0.05, 0) is 13.3 Å². The predicted molar refractivity (Wildman–Crippen MR) is 68.4 cm³/mol. The summed E-state index contributed by atoms with van der Waals surface area (Å²) >= 11 is 0. The molecule has 0 N–H and O–H groups in total. The van der Waals surface area contributed by atoms with E-state index in [0.29, 0.717) is 13.2 Å². The number of carbonyl (C=O) groups excluding carboxylic acids is 2. The lowest BCUT2D eigenvalue weighted by atomic mass is 10.2. The molecule has 1 rings (SSSR count). The molecular formula is C13H20N2O4. The number of hydrogen-bond acceptors (Lipinski definition) is 5. The Kier molecular flexibility index (Phi) is 6.63. The average Bonchev–Trinajstić information content (AvgIpc) is 2.90. The molecule has 1 aromatic heterocycles. The topological polar surface area (TPSA) is 70.4 Å². The first-order valence-electron chi connectivity index (χ1n) is 6.48. The number of ether oxygens (including phenoxy) is 2. The molecule has 0 fully saturated rings. The Balaban J connectivity index is 2.64. The summed E-state index contributed by atoms with van der Waals surface area (Å²) in [5.41, 5.74) is 0. The van der Waals surface area contributed by atoms with Crippen LogP contribution < -0.4 is 0 Å². The van der Waals surface area contributed by atoms with Gasteiger partial charge in [0.05, 0.1) is 26.0 Å². The number of esters is 2. The molecule has 1 aromatic rings. The zero-order valence-electron chi connectivity index (χ0n) is 11.4. The fraction of sp³-hybridized carbons (Fsp3) is 0.615. The third-order valence-corrected chi connectivity index (χ3v) is 2.56. The molecule has 0 unspecified atom stereocenters. The summed E-state index contributed by atoms with van der Waals surface area (Å²) in [6.07, 6.45) is 6.38. The van der Waals surface area contributed by atoms with Crippen molar-refractivity contribution in [2.45, 2.75) is 39.2 Å². The average molecular weight is 268 g/mol. The Labute approximate surface area is 112 Å². The number of rotatable bonds is 8. The van der Waals surface area contributed by atoms with Crippen LogP contribution >= 0.6 is 0 Å². The Morgan fingerprint density at radius 2 is 2.11 bits per heavy atom. The van der Waals surface area contributed by atoms with E-state index in [0.717, 1.165) is 12.8 Å². The number of aromatic nitrogens is 2. The van der Waals surface area contributed by atoms with Crippen molar-refractivity contribution in [1.82, 2.24) is 9.55 Å². The fourth-order valence-electron chi connectivity index (χ4n) is 1.56. The Bertz CT molecular complexity index is 389. The van der Waals surface area contributed by atoms with Gasteiger partial charge in [0.2, 0.25) is 0 Å². The van der Waals surface area contributed by atoms with Gasteiger partial charge in [-0.15, -0.1) is 0 Å². The molecule has 0 aliphatic carbocycles. The molecule has 1 atom stereocenters. The molecule has 0 saturated heterocycles. The summed E-state index contributed by atoms with van der Waals surface area (Å²) in [5.74, 6) is -0.854. The van der Waals surface area contributed by atoms with Gasteiger partial charge in [-0.2, -0.15) is 0 Å². The third-order valence-electron chi connectivity index (χ3n) is 2.56. The third kappa shape index (κ3) is 5.11. The lowest BCUT2D eigenvalue weighted by Gasteiger charge is -2.16. The van der Waals surface area contributed by atoms with Crippen LogP contribution in [0.15, 0.2) is 18.7 Å². The first-order chi connectivity index (χ1) is 9.19. The van der Waals surface area contributed by atoms with E-state index in [1.807, 2.05) is 6.92 Å². The van der Waals surface area contributed by atoms with E-state index in [1.165, 1.54) is 6.33 Å². The summed E-state index contributed by atoms with van der Waals surface area (Å²) in [7, 11) is 0. The number of unbranched alkanes of at least 4 members (excludes halogenated alkanes) is 1. The molecule has 0 aromatic carbocycles. The quantitative estimate of drug-likeness (QED) is 0.530. The van der Waals surface area contributed by atoms with Crippen LogP contribution in [0.1, 0.15) is 39.2 Å². The first-order valence-corrected chi connectivity index (χ1v) is 6.48. The van der Waals surface area contributed by atoms with Crippen LogP contribution in [0.4, 0.5) is 0 Å². The minimum Gasteiger partial charge on any atom is -0.466 e. The highest BCUT2D eigenvalue weighted by Crippen LogP contribution is 2.14. The van der Waals surface area contributed by atoms with E-state index in [2.05, 4.69) is 4.98 Å². The molecule has 1 heterocycles. The van der Waals surface area contributed by atoms with E-state index in [-0.39, 0.29) is 6.42 Å². The highest BCUT2D eigenvalue weighted by Gasteiger charge is 2.25. The smallest absolute Gasteiger partial charge is 0.329 e. The summed E-state index contributed by atoms with van der Waals surface area (Å²) in [5, 5.41) is 0. The lowest BCUT2D eigenvalue weighted by Crippen LogP contribution is -2.25. The molecule has 19 heavy (non-hydrogen) atoms. The second-order valence-corrected chi connectivity index (χ2v) is 4.06. The molecule has 0 spiro atoms. The van der Waals surface area contributed by atoms with Gasteiger partial charge in [0.15, 0.2) is 0 Å². The van der Waals surface area contributed by atoms with Gasteiger partial charge in [0.25, 0.3) is 0 Å². The fourth-order valence-corrected chi connectivity index (χ4v) is 1.56. The standard InChI is InChI=1S/C13H20N2O4/c1-3-5-8-19-13(17)11(9-12(16)18-4-2)15-7-6-14-10-15/h6-7,10-11H,3-5,8-9H2,1-2H3/t11-/m1/s1. The Hall–Kier alpha value is -1.85. The molecule has 0 aliphatic heterocycles. The van der Waals surface area contributed by atoms with Gasteiger partial charge >= 0.3 is 11.9 Å². The monoisotopic (exact) mass is 268 g/mol. The second-order valence-electron chi connectivity index (χ2n) is 4.06. The molecule has 106 valence electrons. The van der Waals surface area contributed by atoms with E-state index in [1.54, 1.807) is 23.9 Å². The maximum atomic E-state index is 12.0. The number of carbonyl (C=O) groups is 2. The summed E-state index contributed by atoms with van der Waals surface area (Å²) in [6, 6.07) is -0.710. The zero-order chi connectivity index (χ0) is 14.1. The minimum absolute atomic E-state index is 0.0465. The largest absolute Gasteiger partial charge is 0.466 e. The molecule has 0 aliphatic rings. The Morgan fingerprint density at radius 3 is 2.68 bits per heavy atom. The van der Waals surface area contributed by atoms with Crippen molar-refractivity contribution in [3.8, 4) is 0 Å². The maximum absolute atomic E-state index is 12.0. The van der Waals surface area contributed by atoms with E-state index < -0.39 is 18.0 Å². The van der Waals surface area contributed by atoms with Gasteiger partial charge in [-0.3, -0.25) is 4.79 Å². The van der Waals surface area contributed by atoms with Crippen molar-refractivity contribution in [2.24, 2.45) is 0 Å². The summed E-state index contributed by atoms with van der Waals surface area (Å²) in [6.45, 7) is 4.40. The molecule has 6 heteroatoms. The van der Waals surface area contributed by atoms with Crippen molar-refractivity contribution >= 4 is 11.9 Å². The van der Waals surface area contributed by atoms with Crippen molar-refractivity contribution in [2.75, 3.05) is 13.2 Å². The van der Waals surface area contributed by atoms with Crippen molar-refractivity contribution in [3.63, 3.8) is 0 Å². The van der Waals surface area contributed by atoms with E-state index in [4.69, 9.17) is 9.47 Å². The van der Waals surface area contributed by atoms with Gasteiger partial charge in [0, 0.05) is 12.4 Å². The van der Waals surface area contributed by atoms with Gasteiger partial charge < -0.3 is 14.0 Å². The maximum Gasteiger partial charge on any atom is 0.329 e. The normalized spacial score (nSPS) is 11.9. The predicted octanol–water partition coefficient (Wildman–Crippen LogP) is 1.72. The first kappa shape index (κ1) is 15.2. The lowest BCUT2D eigenvalue weighted by molar-refractivity contribution is -0.154. The molecule has 6 nitrogen and oxygen atoms in total. The van der Waals surface area contributed by atoms with Crippen molar-refractivity contribution < 1.29 is 19.1 Å². The van der Waals surface area contributed by atoms with Crippen LogP contribution in [0.3, 0.4) is 0 Å². The van der Waals surface area contributed by atoms with Gasteiger partial charge in [0.1, 0.15) is 6.04 Å². The zero-order valence-corrected chi connectivity index (χ0v) is 11.4. The molecule has 0 bridgehead atoms. The summed E-state index contributed by atoms with van der Waals surface area (Å²) in [4.78, 5) is 27.4. The van der Waals surface area contributed by atoms with Crippen LogP contribution in [-0.4, -0.2) is 34.7 Å². The van der Waals surface area contributed by atoms with Crippen LogP contribution in [0.5, 0.6) is 0 Å². The van der Waals surface area contributed by atoms with Crippen LogP contribution in [0.2, 0.25) is 0 Å². The van der Waals surface area contributed by atoms with E-state index in [9.17, 15) is 9.59 Å². The molecular weight excluding hydrogens is 248 g/mol. The SMILES string of the molecule is CCCCOC(=O)[C@@H](CC(=O)OCC)n1ccnc1. The van der Waals surface area contributed by atoms with Gasteiger partial charge in [-0.25, -0.2) is 9.78 Å². The van der Waals surface area contributed by atoms with Crippen LogP contribution in [-0.2, 0) is 19.1 Å². The van der Waals surface area contributed by atoms with Gasteiger partial charge in [-0.1, -0.05) is 13.3 Å². The van der Waals surface area contributed by atoms with Crippen molar-refractivity contribution in [3.05, 3.63) is 18.7 Å². The van der Waals surface area contributed by atoms with Crippen molar-refractivity contribution in [1.29, 1.82) is 0 Å². The van der Waals surface area contributed by atoms with Crippen LogP contribution in [0.25, 0.3) is 0 Å². The molecule has 0 radical (unpaired) electrons. The number of nitrogens with zero attached hydrogens (tertiary/aromatic N) is 2. The van der Waals surface area contributed by atoms with E-state index >= 15 is 0 Å².